The van der Waals surface area contributed by atoms with Gasteiger partial charge in [0.05, 0.1) is 18.1 Å². The number of imidazole rings is 1. The van der Waals surface area contributed by atoms with E-state index in [4.69, 9.17) is 4.74 Å². The highest BCUT2D eigenvalue weighted by Crippen LogP contribution is 2.19. The Morgan fingerprint density at radius 1 is 1.29 bits per heavy atom. The molecule has 1 atom stereocenters. The van der Waals surface area contributed by atoms with Gasteiger partial charge in [0, 0.05) is 11.6 Å². The number of fused-ring (bicyclic) bond motifs is 1. The number of carbonyl (C=O) groups excluding carboxylic acids is 1. The second kappa shape index (κ2) is 6.74. The van der Waals surface area contributed by atoms with Crippen LogP contribution in [0.15, 0.2) is 42.5 Å². The first-order valence-corrected chi connectivity index (χ1v) is 7.96. The molecule has 0 aliphatic carbocycles. The Labute approximate surface area is 141 Å². The molecule has 0 fully saturated rings. The summed E-state index contributed by atoms with van der Waals surface area (Å²) in [4.78, 5) is 20.0. The van der Waals surface area contributed by atoms with Gasteiger partial charge in [-0.15, -0.1) is 0 Å². The predicted octanol–water partition coefficient (Wildman–Crippen LogP) is 3.24. The van der Waals surface area contributed by atoms with Gasteiger partial charge in [-0.1, -0.05) is 18.2 Å². The molecule has 1 amide bonds. The summed E-state index contributed by atoms with van der Waals surface area (Å²) >= 11 is 0. The second-order valence-electron chi connectivity index (χ2n) is 5.94. The van der Waals surface area contributed by atoms with Crippen LogP contribution in [-0.2, 0) is 6.42 Å². The third kappa shape index (κ3) is 3.40. The summed E-state index contributed by atoms with van der Waals surface area (Å²) in [6.07, 6.45) is 0.709. The average molecular weight is 323 g/mol. The lowest BCUT2D eigenvalue weighted by Gasteiger charge is -2.16. The van der Waals surface area contributed by atoms with Crippen molar-refractivity contribution in [3.63, 3.8) is 0 Å². The van der Waals surface area contributed by atoms with E-state index < -0.39 is 0 Å². The Morgan fingerprint density at radius 3 is 2.88 bits per heavy atom. The number of rotatable bonds is 5. The molecular weight excluding hydrogens is 302 g/mol. The van der Waals surface area contributed by atoms with Gasteiger partial charge in [-0.3, -0.25) is 4.79 Å². The number of carbonyl (C=O) groups is 1. The van der Waals surface area contributed by atoms with E-state index in [9.17, 15) is 4.79 Å². The third-order valence-electron chi connectivity index (χ3n) is 3.96. The van der Waals surface area contributed by atoms with Crippen molar-refractivity contribution in [1.82, 2.24) is 15.3 Å². The lowest BCUT2D eigenvalue weighted by Crippen LogP contribution is -2.34. The number of aromatic amines is 1. The van der Waals surface area contributed by atoms with Crippen LogP contribution in [0.25, 0.3) is 11.0 Å². The minimum Gasteiger partial charge on any atom is -0.496 e. The summed E-state index contributed by atoms with van der Waals surface area (Å²) in [5, 5.41) is 3.04. The number of para-hydroxylation sites is 1. The lowest BCUT2D eigenvalue weighted by molar-refractivity contribution is 0.0940. The molecule has 5 heteroatoms. The van der Waals surface area contributed by atoms with Gasteiger partial charge in [0.1, 0.15) is 11.6 Å². The Hall–Kier alpha value is -2.82. The first-order chi connectivity index (χ1) is 11.6. The van der Waals surface area contributed by atoms with Gasteiger partial charge < -0.3 is 15.0 Å². The number of hydrogen-bond donors (Lipinski definition) is 2. The van der Waals surface area contributed by atoms with Gasteiger partial charge in [0.15, 0.2) is 0 Å². The number of aromatic nitrogens is 2. The maximum atomic E-state index is 12.5. The van der Waals surface area contributed by atoms with E-state index in [-0.39, 0.29) is 11.9 Å². The van der Waals surface area contributed by atoms with Gasteiger partial charge in [0.25, 0.3) is 5.91 Å². The minimum atomic E-state index is -0.0912. The van der Waals surface area contributed by atoms with E-state index in [0.29, 0.717) is 12.0 Å². The summed E-state index contributed by atoms with van der Waals surface area (Å²) in [7, 11) is 1.66. The molecule has 3 aromatic rings. The van der Waals surface area contributed by atoms with Gasteiger partial charge in [-0.25, -0.2) is 4.98 Å². The van der Waals surface area contributed by atoms with Crippen molar-refractivity contribution in [2.45, 2.75) is 26.3 Å². The molecule has 1 heterocycles. The summed E-state index contributed by atoms with van der Waals surface area (Å²) < 4.78 is 5.36. The van der Waals surface area contributed by atoms with E-state index in [0.717, 1.165) is 28.2 Å². The molecule has 2 aromatic carbocycles. The smallest absolute Gasteiger partial charge is 0.251 e. The zero-order chi connectivity index (χ0) is 17.1. The number of nitrogens with one attached hydrogen (secondary N) is 2. The molecule has 0 bridgehead atoms. The first-order valence-electron chi connectivity index (χ1n) is 7.96. The summed E-state index contributed by atoms with van der Waals surface area (Å²) in [6.45, 7) is 3.89. The Morgan fingerprint density at radius 2 is 2.08 bits per heavy atom. The van der Waals surface area contributed by atoms with Crippen molar-refractivity contribution in [3.05, 3.63) is 59.4 Å². The number of hydrogen-bond acceptors (Lipinski definition) is 3. The average Bonchev–Trinajstić information content (AvgIpc) is 2.94. The fourth-order valence-electron chi connectivity index (χ4n) is 2.84. The van der Waals surface area contributed by atoms with Crippen molar-refractivity contribution in [1.29, 1.82) is 0 Å². The molecule has 0 unspecified atom stereocenters. The van der Waals surface area contributed by atoms with Crippen LogP contribution in [0.4, 0.5) is 0 Å². The molecular formula is C19H21N3O2. The van der Waals surface area contributed by atoms with E-state index in [1.165, 1.54) is 0 Å². The molecule has 2 N–H and O–H groups in total. The zero-order valence-corrected chi connectivity index (χ0v) is 14.1. The Bertz CT molecular complexity index is 870. The van der Waals surface area contributed by atoms with Crippen LogP contribution in [0.5, 0.6) is 5.75 Å². The van der Waals surface area contributed by atoms with Crippen LogP contribution in [-0.4, -0.2) is 29.0 Å². The van der Waals surface area contributed by atoms with E-state index in [1.807, 2.05) is 50.2 Å². The number of ether oxygens (including phenoxy) is 1. The van der Waals surface area contributed by atoms with Crippen LogP contribution >= 0.6 is 0 Å². The van der Waals surface area contributed by atoms with Crippen LogP contribution in [0.2, 0.25) is 0 Å². The Balaban J connectivity index is 1.70. The van der Waals surface area contributed by atoms with Crippen molar-refractivity contribution in [3.8, 4) is 5.75 Å². The van der Waals surface area contributed by atoms with Crippen LogP contribution in [0.1, 0.15) is 28.7 Å². The van der Waals surface area contributed by atoms with Crippen LogP contribution < -0.4 is 10.1 Å². The maximum absolute atomic E-state index is 12.5. The van der Waals surface area contributed by atoms with Crippen molar-refractivity contribution in [2.24, 2.45) is 0 Å². The molecule has 0 saturated heterocycles. The Kier molecular flexibility index (Phi) is 4.51. The lowest BCUT2D eigenvalue weighted by atomic mass is 10.1. The van der Waals surface area contributed by atoms with Gasteiger partial charge in [0.2, 0.25) is 0 Å². The number of aryl methyl sites for hydroxylation is 1. The largest absolute Gasteiger partial charge is 0.496 e. The zero-order valence-electron chi connectivity index (χ0n) is 14.1. The van der Waals surface area contributed by atoms with Gasteiger partial charge in [-0.05, 0) is 50.1 Å². The molecule has 0 spiro atoms. The molecule has 3 rings (SSSR count). The standard InChI is InChI=1S/C19H21N3O2/c1-12(10-14-6-4-5-7-18(14)24-3)20-19(23)15-8-9-16-17(11-15)22-13(2)21-16/h4-9,11-12H,10H2,1-3H3,(H,20,23)(H,21,22)/t12-/m1/s1. The first kappa shape index (κ1) is 16.1. The van der Waals surface area contributed by atoms with Crippen molar-refractivity contribution < 1.29 is 9.53 Å². The SMILES string of the molecule is COc1ccccc1C[C@@H](C)NC(=O)c1ccc2nc(C)[nH]c2c1. The second-order valence-corrected chi connectivity index (χ2v) is 5.94. The molecule has 0 aliphatic heterocycles. The number of methoxy groups -OCH3 is 1. The molecule has 24 heavy (non-hydrogen) atoms. The molecule has 0 saturated carbocycles. The van der Waals surface area contributed by atoms with Crippen molar-refractivity contribution >= 4 is 16.9 Å². The summed E-state index contributed by atoms with van der Waals surface area (Å²) in [5.41, 5.74) is 3.44. The molecule has 5 nitrogen and oxygen atoms in total. The van der Waals surface area contributed by atoms with E-state index >= 15 is 0 Å². The fraction of sp³-hybridized carbons (Fsp3) is 0.263. The highest BCUT2D eigenvalue weighted by Gasteiger charge is 2.13. The molecule has 0 radical (unpaired) electrons. The predicted molar refractivity (Wildman–Crippen MR) is 94.5 cm³/mol. The fourth-order valence-corrected chi connectivity index (χ4v) is 2.84. The van der Waals surface area contributed by atoms with Crippen molar-refractivity contribution in [2.75, 3.05) is 7.11 Å². The van der Waals surface area contributed by atoms with E-state index in [2.05, 4.69) is 15.3 Å². The van der Waals surface area contributed by atoms with Crippen LogP contribution in [0.3, 0.4) is 0 Å². The topological polar surface area (TPSA) is 67.0 Å². The normalized spacial score (nSPS) is 12.1. The number of H-pyrrole nitrogens is 1. The highest BCUT2D eigenvalue weighted by molar-refractivity contribution is 5.97. The summed E-state index contributed by atoms with van der Waals surface area (Å²) in [6, 6.07) is 13.3. The number of amides is 1. The summed E-state index contributed by atoms with van der Waals surface area (Å²) in [5.74, 6) is 1.59. The molecule has 124 valence electrons. The van der Waals surface area contributed by atoms with Gasteiger partial charge in [-0.2, -0.15) is 0 Å². The van der Waals surface area contributed by atoms with Gasteiger partial charge >= 0.3 is 0 Å². The quantitative estimate of drug-likeness (QED) is 0.757. The number of benzene rings is 2. The molecule has 0 aliphatic rings. The van der Waals surface area contributed by atoms with Crippen LogP contribution in [0, 0.1) is 6.92 Å². The van der Waals surface area contributed by atoms with E-state index in [1.54, 1.807) is 13.2 Å². The number of nitrogens with zero attached hydrogens (tertiary/aromatic N) is 1. The minimum absolute atomic E-state index is 0.00648. The maximum Gasteiger partial charge on any atom is 0.251 e. The molecule has 1 aromatic heterocycles. The third-order valence-corrected chi connectivity index (χ3v) is 3.96. The highest BCUT2D eigenvalue weighted by atomic mass is 16.5. The monoisotopic (exact) mass is 323 g/mol.